The van der Waals surface area contributed by atoms with Crippen LogP contribution in [0.25, 0.3) is 10.9 Å². The molecule has 2 N–H and O–H groups in total. The summed E-state index contributed by atoms with van der Waals surface area (Å²) >= 11 is 0. The van der Waals surface area contributed by atoms with Gasteiger partial charge < -0.3 is 24.5 Å². The van der Waals surface area contributed by atoms with E-state index in [1.54, 1.807) is 33.5 Å². The average Bonchev–Trinajstić information content (AvgIpc) is 3.10. The Hall–Kier alpha value is -3.15. The highest BCUT2D eigenvalue weighted by Crippen LogP contribution is 2.40. The van der Waals surface area contributed by atoms with E-state index < -0.39 is 0 Å². The highest BCUT2D eigenvalue weighted by Gasteiger charge is 2.27. The molecule has 6 heteroatoms. The third-order valence-electron chi connectivity index (χ3n) is 5.40. The monoisotopic (exact) mass is 380 g/mol. The molecule has 0 saturated heterocycles. The Morgan fingerprint density at radius 1 is 1.07 bits per heavy atom. The molecule has 0 spiro atoms. The van der Waals surface area contributed by atoms with Crippen molar-refractivity contribution in [2.24, 2.45) is 5.92 Å². The van der Waals surface area contributed by atoms with Crippen LogP contribution in [0.5, 0.6) is 17.2 Å². The van der Waals surface area contributed by atoms with Crippen molar-refractivity contribution in [3.05, 3.63) is 47.7 Å². The van der Waals surface area contributed by atoms with E-state index in [-0.39, 0.29) is 11.8 Å². The summed E-state index contributed by atoms with van der Waals surface area (Å²) in [7, 11) is 4.67. The number of methoxy groups -OCH3 is 3. The van der Waals surface area contributed by atoms with Crippen LogP contribution in [-0.4, -0.2) is 32.2 Å². The number of benzene rings is 2. The predicted octanol–water partition coefficient (Wildman–Crippen LogP) is 3.94. The Morgan fingerprint density at radius 3 is 2.46 bits per heavy atom. The number of H-pyrrole nitrogens is 1. The summed E-state index contributed by atoms with van der Waals surface area (Å²) in [6, 6.07) is 11.8. The smallest absolute Gasteiger partial charge is 0.227 e. The molecule has 1 aliphatic rings. The van der Waals surface area contributed by atoms with Crippen LogP contribution in [0.4, 0.5) is 5.69 Å². The van der Waals surface area contributed by atoms with E-state index in [0.717, 1.165) is 24.8 Å². The number of para-hydroxylation sites is 1. The van der Waals surface area contributed by atoms with Crippen LogP contribution in [0.15, 0.2) is 36.4 Å². The lowest BCUT2D eigenvalue weighted by Gasteiger charge is -2.22. The molecule has 4 rings (SSSR count). The van der Waals surface area contributed by atoms with Crippen molar-refractivity contribution in [2.45, 2.75) is 19.3 Å². The van der Waals surface area contributed by atoms with Crippen LogP contribution in [0.3, 0.4) is 0 Å². The van der Waals surface area contributed by atoms with Gasteiger partial charge in [-0.25, -0.2) is 0 Å². The fourth-order valence-electron chi connectivity index (χ4n) is 3.99. The van der Waals surface area contributed by atoms with Gasteiger partial charge in [0.2, 0.25) is 11.7 Å². The van der Waals surface area contributed by atoms with Gasteiger partial charge in [-0.1, -0.05) is 18.2 Å². The average molecular weight is 380 g/mol. The molecule has 1 amide bonds. The topological polar surface area (TPSA) is 72.6 Å². The van der Waals surface area contributed by atoms with Gasteiger partial charge in [0.15, 0.2) is 11.5 Å². The number of fused-ring (bicyclic) bond motifs is 3. The zero-order valence-electron chi connectivity index (χ0n) is 16.3. The van der Waals surface area contributed by atoms with Gasteiger partial charge in [-0.2, -0.15) is 0 Å². The molecule has 1 atom stereocenters. The van der Waals surface area contributed by atoms with E-state index in [0.29, 0.717) is 22.9 Å². The minimum absolute atomic E-state index is 0.00482. The van der Waals surface area contributed by atoms with Crippen LogP contribution in [0, 0.1) is 5.92 Å². The molecular weight excluding hydrogens is 356 g/mol. The first-order valence-electron chi connectivity index (χ1n) is 9.34. The van der Waals surface area contributed by atoms with Crippen molar-refractivity contribution in [3.63, 3.8) is 0 Å². The number of hydrogen-bond donors (Lipinski definition) is 2. The van der Waals surface area contributed by atoms with Gasteiger partial charge in [0.25, 0.3) is 0 Å². The van der Waals surface area contributed by atoms with Crippen LogP contribution in [0.1, 0.15) is 17.7 Å². The molecule has 1 aromatic heterocycles. The lowest BCUT2D eigenvalue weighted by molar-refractivity contribution is -0.120. The molecule has 6 nitrogen and oxygen atoms in total. The second-order valence-corrected chi connectivity index (χ2v) is 6.97. The van der Waals surface area contributed by atoms with E-state index in [1.165, 1.54) is 16.6 Å². The number of aromatic amines is 1. The quantitative estimate of drug-likeness (QED) is 0.703. The first-order chi connectivity index (χ1) is 13.6. The maximum atomic E-state index is 13.0. The SMILES string of the molecule is COc1cc(NC(=O)C2CCc3[nH]c4ccccc4c3C2)cc(OC)c1OC. The van der Waals surface area contributed by atoms with E-state index in [1.807, 2.05) is 12.1 Å². The number of carbonyl (C=O) groups is 1. The van der Waals surface area contributed by atoms with E-state index in [9.17, 15) is 4.79 Å². The summed E-state index contributed by atoms with van der Waals surface area (Å²) in [6.07, 6.45) is 2.42. The largest absolute Gasteiger partial charge is 0.493 e. The molecular formula is C22H24N2O4. The van der Waals surface area contributed by atoms with Crippen LogP contribution in [0.2, 0.25) is 0 Å². The number of nitrogens with one attached hydrogen (secondary N) is 2. The zero-order chi connectivity index (χ0) is 19.7. The van der Waals surface area contributed by atoms with Crippen molar-refractivity contribution in [2.75, 3.05) is 26.6 Å². The summed E-state index contributed by atoms with van der Waals surface area (Å²) < 4.78 is 16.1. The summed E-state index contributed by atoms with van der Waals surface area (Å²) in [4.78, 5) is 16.4. The Balaban J connectivity index is 1.56. The molecule has 0 fully saturated rings. The van der Waals surface area contributed by atoms with Crippen molar-refractivity contribution in [1.82, 2.24) is 4.98 Å². The van der Waals surface area contributed by atoms with E-state index in [4.69, 9.17) is 14.2 Å². The first kappa shape index (κ1) is 18.2. The van der Waals surface area contributed by atoms with Crippen molar-refractivity contribution < 1.29 is 19.0 Å². The molecule has 1 aliphatic carbocycles. The van der Waals surface area contributed by atoms with Crippen molar-refractivity contribution in [1.29, 1.82) is 0 Å². The number of hydrogen-bond acceptors (Lipinski definition) is 4. The number of rotatable bonds is 5. The minimum Gasteiger partial charge on any atom is -0.493 e. The fourth-order valence-corrected chi connectivity index (χ4v) is 3.99. The molecule has 0 radical (unpaired) electrons. The molecule has 0 aliphatic heterocycles. The summed E-state index contributed by atoms with van der Waals surface area (Å²) in [5, 5.41) is 4.23. The van der Waals surface area contributed by atoms with Crippen LogP contribution >= 0.6 is 0 Å². The van der Waals surface area contributed by atoms with E-state index >= 15 is 0 Å². The summed E-state index contributed by atoms with van der Waals surface area (Å²) in [5.41, 5.74) is 4.27. The van der Waals surface area contributed by atoms with Gasteiger partial charge in [0.05, 0.1) is 21.3 Å². The number of ether oxygens (including phenoxy) is 3. The highest BCUT2D eigenvalue weighted by molar-refractivity contribution is 5.94. The second kappa shape index (κ2) is 7.46. The number of amides is 1. The highest BCUT2D eigenvalue weighted by atomic mass is 16.5. The first-order valence-corrected chi connectivity index (χ1v) is 9.34. The fraction of sp³-hybridized carbons (Fsp3) is 0.318. The lowest BCUT2D eigenvalue weighted by Crippen LogP contribution is -2.28. The van der Waals surface area contributed by atoms with Crippen LogP contribution in [-0.2, 0) is 17.6 Å². The Morgan fingerprint density at radius 2 is 1.79 bits per heavy atom. The Kier molecular flexibility index (Phi) is 4.86. The predicted molar refractivity (Wildman–Crippen MR) is 109 cm³/mol. The van der Waals surface area contributed by atoms with Crippen LogP contribution < -0.4 is 19.5 Å². The third kappa shape index (κ3) is 3.15. The van der Waals surface area contributed by atoms with E-state index in [2.05, 4.69) is 22.4 Å². The zero-order valence-corrected chi connectivity index (χ0v) is 16.3. The van der Waals surface area contributed by atoms with Gasteiger partial charge in [-0.15, -0.1) is 0 Å². The van der Waals surface area contributed by atoms with Crippen molar-refractivity contribution >= 4 is 22.5 Å². The summed E-state index contributed by atoms with van der Waals surface area (Å²) in [5.74, 6) is 1.46. The molecule has 0 saturated carbocycles. The molecule has 3 aromatic rings. The lowest BCUT2D eigenvalue weighted by atomic mass is 9.86. The molecule has 1 unspecified atom stereocenters. The standard InChI is InChI=1S/C22H24N2O4/c1-26-19-11-14(12-20(27-2)21(19)28-3)23-22(25)13-8-9-18-16(10-13)15-6-4-5-7-17(15)24-18/h4-7,11-13,24H,8-10H2,1-3H3,(H,23,25). The third-order valence-corrected chi connectivity index (χ3v) is 5.40. The van der Waals surface area contributed by atoms with Gasteiger partial charge in [-0.05, 0) is 30.9 Å². The molecule has 1 heterocycles. The maximum Gasteiger partial charge on any atom is 0.227 e. The van der Waals surface area contributed by atoms with Gasteiger partial charge in [0, 0.05) is 40.3 Å². The molecule has 146 valence electrons. The molecule has 28 heavy (non-hydrogen) atoms. The number of aryl methyl sites for hydroxylation is 1. The van der Waals surface area contributed by atoms with Gasteiger partial charge in [0.1, 0.15) is 0 Å². The Bertz CT molecular complexity index is 1000. The van der Waals surface area contributed by atoms with Gasteiger partial charge >= 0.3 is 0 Å². The van der Waals surface area contributed by atoms with Gasteiger partial charge in [-0.3, -0.25) is 4.79 Å². The number of aromatic nitrogens is 1. The Labute approximate surface area is 163 Å². The maximum absolute atomic E-state index is 13.0. The second-order valence-electron chi connectivity index (χ2n) is 6.97. The van der Waals surface area contributed by atoms with Crippen molar-refractivity contribution in [3.8, 4) is 17.2 Å². The number of anilines is 1. The molecule has 0 bridgehead atoms. The minimum atomic E-state index is -0.0780. The number of carbonyl (C=O) groups excluding carboxylic acids is 1. The summed E-state index contributed by atoms with van der Waals surface area (Å²) in [6.45, 7) is 0. The normalized spacial score (nSPS) is 15.8. The molecule has 2 aromatic carbocycles.